The van der Waals surface area contributed by atoms with Gasteiger partial charge >= 0.3 is 0 Å². The molecule has 6 nitrogen and oxygen atoms in total. The maximum Gasteiger partial charge on any atom is 0.165 e. The summed E-state index contributed by atoms with van der Waals surface area (Å²) >= 11 is 0. The second-order valence-electron chi connectivity index (χ2n) is 5.83. The van der Waals surface area contributed by atoms with Crippen molar-refractivity contribution in [3.8, 4) is 17.1 Å². The third-order valence-electron chi connectivity index (χ3n) is 4.10. The molecule has 0 spiro atoms. The first-order chi connectivity index (χ1) is 13.2. The fourth-order valence-corrected chi connectivity index (χ4v) is 2.83. The molecule has 3 heterocycles. The van der Waals surface area contributed by atoms with Crippen molar-refractivity contribution in [3.05, 3.63) is 66.0 Å². The van der Waals surface area contributed by atoms with Crippen LogP contribution in [0.1, 0.15) is 25.1 Å². The number of benzene rings is 1. The van der Waals surface area contributed by atoms with Gasteiger partial charge in [0.25, 0.3) is 0 Å². The molecule has 0 amide bonds. The second kappa shape index (κ2) is 7.97. The summed E-state index contributed by atoms with van der Waals surface area (Å²) in [7, 11) is 0. The number of hydrogen-bond donors (Lipinski definition) is 2. The summed E-state index contributed by atoms with van der Waals surface area (Å²) in [6, 6.07) is 15.3. The fraction of sp³-hybridized carbons (Fsp3) is 0.190. The number of aliphatic hydroxyl groups excluding tert-OH is 1. The molecule has 0 aliphatic heterocycles. The topological polar surface area (TPSA) is 89.8 Å². The van der Waals surface area contributed by atoms with Gasteiger partial charge in [-0.25, -0.2) is 15.0 Å². The Labute approximate surface area is 158 Å². The number of hydrogen-bond acceptors (Lipinski definition) is 5. The summed E-state index contributed by atoms with van der Waals surface area (Å²) in [6.07, 6.45) is 1.66. The lowest BCUT2D eigenvalue weighted by molar-refractivity contribution is 0.282. The first-order valence-corrected chi connectivity index (χ1v) is 8.94. The van der Waals surface area contributed by atoms with Crippen molar-refractivity contribution in [1.82, 2.24) is 19.5 Å². The molecule has 4 aromatic rings. The van der Waals surface area contributed by atoms with Crippen LogP contribution in [0, 0.1) is 6.92 Å². The summed E-state index contributed by atoms with van der Waals surface area (Å²) in [5, 5.41) is 9.28. The smallest absolute Gasteiger partial charge is 0.165 e. The maximum atomic E-state index is 9.28. The molecule has 138 valence electrons. The molecule has 3 aromatic heterocycles. The van der Waals surface area contributed by atoms with Crippen LogP contribution in [0.2, 0.25) is 0 Å². The number of imidazole rings is 1. The monoisotopic (exact) mass is 361 g/mol. The van der Waals surface area contributed by atoms with Gasteiger partial charge in [-0.1, -0.05) is 26.0 Å². The number of fused-ring (bicyclic) bond motifs is 1. The Bertz CT molecular complexity index is 1050. The van der Waals surface area contributed by atoms with Gasteiger partial charge in [0.2, 0.25) is 0 Å². The quantitative estimate of drug-likeness (QED) is 0.578. The third kappa shape index (κ3) is 3.52. The second-order valence-corrected chi connectivity index (χ2v) is 5.83. The van der Waals surface area contributed by atoms with Gasteiger partial charge in [0, 0.05) is 17.6 Å². The van der Waals surface area contributed by atoms with Crippen LogP contribution in [0.5, 0.6) is 0 Å². The van der Waals surface area contributed by atoms with E-state index in [2.05, 4.69) is 9.97 Å². The van der Waals surface area contributed by atoms with Gasteiger partial charge in [0.15, 0.2) is 11.5 Å². The van der Waals surface area contributed by atoms with Crippen LogP contribution in [-0.2, 0) is 6.61 Å². The number of nitrogens with two attached hydrogens (primary N) is 1. The molecule has 0 bridgehead atoms. The summed E-state index contributed by atoms with van der Waals surface area (Å²) in [5.74, 6) is 1.11. The van der Waals surface area contributed by atoms with Crippen LogP contribution >= 0.6 is 0 Å². The normalized spacial score (nSPS) is 10.5. The van der Waals surface area contributed by atoms with Crippen molar-refractivity contribution in [2.45, 2.75) is 27.4 Å². The molecule has 0 saturated carbocycles. The minimum atomic E-state index is 0.00469. The average Bonchev–Trinajstić information content (AvgIpc) is 3.08. The number of rotatable bonds is 3. The molecule has 0 atom stereocenters. The first kappa shape index (κ1) is 18.5. The van der Waals surface area contributed by atoms with Crippen LogP contribution in [0.25, 0.3) is 28.2 Å². The Morgan fingerprint density at radius 2 is 1.74 bits per heavy atom. The molecule has 6 heteroatoms. The van der Waals surface area contributed by atoms with Crippen molar-refractivity contribution >= 4 is 17.0 Å². The van der Waals surface area contributed by atoms with E-state index in [0.29, 0.717) is 11.6 Å². The molecular weight excluding hydrogens is 338 g/mol. The average molecular weight is 361 g/mol. The Morgan fingerprint density at radius 1 is 1.00 bits per heavy atom. The standard InChI is InChI=1S/C19H17N5O.C2H6/c1-12-4-9-16-19(22-12)24(14-7-5-13(11-25)6-8-14)18(23-16)15-3-2-10-21-17(15)20;1-2/h2-10,25H,11H2,1H3,(H2,20,21);1-2H3. The molecule has 4 rings (SSSR count). The number of aryl methyl sites for hydroxylation is 1. The zero-order valence-corrected chi connectivity index (χ0v) is 15.7. The molecule has 1 aromatic carbocycles. The summed E-state index contributed by atoms with van der Waals surface area (Å²) < 4.78 is 1.97. The number of aromatic nitrogens is 4. The van der Waals surface area contributed by atoms with Crippen molar-refractivity contribution in [1.29, 1.82) is 0 Å². The van der Waals surface area contributed by atoms with E-state index in [-0.39, 0.29) is 6.61 Å². The Hall–Kier alpha value is -3.25. The predicted molar refractivity (Wildman–Crippen MR) is 109 cm³/mol. The van der Waals surface area contributed by atoms with Crippen LogP contribution in [0.4, 0.5) is 5.82 Å². The van der Waals surface area contributed by atoms with Crippen LogP contribution < -0.4 is 5.73 Å². The van der Waals surface area contributed by atoms with Gasteiger partial charge < -0.3 is 10.8 Å². The van der Waals surface area contributed by atoms with E-state index in [1.54, 1.807) is 6.20 Å². The zero-order chi connectivity index (χ0) is 19.4. The van der Waals surface area contributed by atoms with Crippen molar-refractivity contribution in [2.75, 3.05) is 5.73 Å². The van der Waals surface area contributed by atoms with Gasteiger partial charge in [0.1, 0.15) is 11.3 Å². The molecule has 0 saturated heterocycles. The van der Waals surface area contributed by atoms with E-state index < -0.39 is 0 Å². The largest absolute Gasteiger partial charge is 0.392 e. The fourth-order valence-electron chi connectivity index (χ4n) is 2.83. The molecule has 3 N–H and O–H groups in total. The van der Waals surface area contributed by atoms with Gasteiger partial charge in [-0.2, -0.15) is 0 Å². The lowest BCUT2D eigenvalue weighted by Gasteiger charge is -2.10. The van der Waals surface area contributed by atoms with Crippen molar-refractivity contribution < 1.29 is 5.11 Å². The van der Waals surface area contributed by atoms with E-state index in [1.807, 2.05) is 73.9 Å². The maximum absolute atomic E-state index is 9.28. The van der Waals surface area contributed by atoms with Gasteiger partial charge in [-0.05, 0) is 48.9 Å². The third-order valence-corrected chi connectivity index (χ3v) is 4.10. The van der Waals surface area contributed by atoms with Crippen LogP contribution in [0.15, 0.2) is 54.7 Å². The molecule has 0 unspecified atom stereocenters. The predicted octanol–water partition coefficient (Wildman–Crippen LogP) is 3.89. The van der Waals surface area contributed by atoms with Gasteiger partial charge in [-0.3, -0.25) is 4.57 Å². The lowest BCUT2D eigenvalue weighted by Crippen LogP contribution is -2.02. The molecular formula is C21H23N5O. The highest BCUT2D eigenvalue weighted by molar-refractivity contribution is 5.82. The van der Waals surface area contributed by atoms with E-state index >= 15 is 0 Å². The highest BCUT2D eigenvalue weighted by atomic mass is 16.3. The van der Waals surface area contributed by atoms with E-state index in [4.69, 9.17) is 10.7 Å². The lowest BCUT2D eigenvalue weighted by atomic mass is 10.2. The number of pyridine rings is 2. The van der Waals surface area contributed by atoms with Gasteiger partial charge in [0.05, 0.1) is 12.2 Å². The van der Waals surface area contributed by atoms with Crippen molar-refractivity contribution in [3.63, 3.8) is 0 Å². The minimum Gasteiger partial charge on any atom is -0.392 e. The molecule has 0 aliphatic rings. The van der Waals surface area contributed by atoms with E-state index in [0.717, 1.165) is 33.7 Å². The van der Waals surface area contributed by atoms with Crippen molar-refractivity contribution in [2.24, 2.45) is 0 Å². The van der Waals surface area contributed by atoms with Crippen LogP contribution in [-0.4, -0.2) is 24.6 Å². The Balaban J connectivity index is 0.00000102. The molecule has 0 fully saturated rings. The summed E-state index contributed by atoms with van der Waals surface area (Å²) in [4.78, 5) is 13.6. The zero-order valence-electron chi connectivity index (χ0n) is 15.7. The van der Waals surface area contributed by atoms with Gasteiger partial charge in [-0.15, -0.1) is 0 Å². The van der Waals surface area contributed by atoms with Crippen LogP contribution in [0.3, 0.4) is 0 Å². The molecule has 0 radical (unpaired) electrons. The Morgan fingerprint density at radius 3 is 2.41 bits per heavy atom. The minimum absolute atomic E-state index is 0.00469. The Kier molecular flexibility index (Phi) is 5.47. The highest BCUT2D eigenvalue weighted by Gasteiger charge is 2.17. The van der Waals surface area contributed by atoms with E-state index in [9.17, 15) is 5.11 Å². The molecule has 0 aliphatic carbocycles. The molecule has 27 heavy (non-hydrogen) atoms. The summed E-state index contributed by atoms with van der Waals surface area (Å²) in [6.45, 7) is 5.95. The number of anilines is 1. The number of nitrogen functional groups attached to an aromatic ring is 1. The summed E-state index contributed by atoms with van der Waals surface area (Å²) in [5.41, 5.74) is 11.0. The SMILES string of the molecule is CC.Cc1ccc2nc(-c3cccnc3N)n(-c3ccc(CO)cc3)c2n1. The first-order valence-electron chi connectivity index (χ1n) is 8.94. The number of nitrogens with zero attached hydrogens (tertiary/aromatic N) is 4. The van der Waals surface area contributed by atoms with E-state index in [1.165, 1.54) is 0 Å². The highest BCUT2D eigenvalue weighted by Crippen LogP contribution is 2.30. The number of aliphatic hydroxyl groups is 1.